The van der Waals surface area contributed by atoms with Crippen LogP contribution in [0.4, 0.5) is 0 Å². The number of carbonyl (C=O) groups excluding carboxylic acids is 2. The van der Waals surface area contributed by atoms with Crippen molar-refractivity contribution < 1.29 is 14.3 Å². The van der Waals surface area contributed by atoms with Crippen LogP contribution < -0.4 is 0 Å². The minimum Gasteiger partial charge on any atom is -0.379 e. The summed E-state index contributed by atoms with van der Waals surface area (Å²) in [7, 11) is 0. The lowest BCUT2D eigenvalue weighted by atomic mass is 10.2. The van der Waals surface area contributed by atoms with Crippen molar-refractivity contribution in [2.75, 3.05) is 59.0 Å². The summed E-state index contributed by atoms with van der Waals surface area (Å²) in [5.74, 6) is -0.109. The van der Waals surface area contributed by atoms with Gasteiger partial charge in [0.15, 0.2) is 0 Å². The van der Waals surface area contributed by atoms with Crippen LogP contribution in [0.2, 0.25) is 0 Å². The number of carbonyl (C=O) groups is 2. The van der Waals surface area contributed by atoms with E-state index in [4.69, 9.17) is 4.74 Å². The number of ether oxygens (including phenoxy) is 1. The van der Waals surface area contributed by atoms with Gasteiger partial charge in [0.1, 0.15) is 5.69 Å². The molecular formula is C19H31N5O3. The molecule has 2 amide bonds. The Bertz CT molecular complexity index is 598. The maximum Gasteiger partial charge on any atom is 0.274 e. The summed E-state index contributed by atoms with van der Waals surface area (Å²) in [6.45, 7) is 12.0. The molecule has 1 aromatic heterocycles. The third kappa shape index (κ3) is 6.55. The molecule has 1 aliphatic rings. The zero-order valence-electron chi connectivity index (χ0n) is 16.7. The van der Waals surface area contributed by atoms with Gasteiger partial charge < -0.3 is 14.5 Å². The average Bonchev–Trinajstić information content (AvgIpc) is 2.70. The van der Waals surface area contributed by atoms with Gasteiger partial charge in [0.25, 0.3) is 5.91 Å². The van der Waals surface area contributed by atoms with Crippen molar-refractivity contribution >= 4 is 11.8 Å². The lowest BCUT2D eigenvalue weighted by Gasteiger charge is -2.30. The van der Waals surface area contributed by atoms with E-state index in [1.807, 2.05) is 20.8 Å². The van der Waals surface area contributed by atoms with Gasteiger partial charge in [-0.15, -0.1) is 0 Å². The molecule has 27 heavy (non-hydrogen) atoms. The average molecular weight is 377 g/mol. The largest absolute Gasteiger partial charge is 0.379 e. The highest BCUT2D eigenvalue weighted by molar-refractivity contribution is 5.92. The maximum absolute atomic E-state index is 12.9. The maximum atomic E-state index is 12.9. The van der Waals surface area contributed by atoms with Gasteiger partial charge in [-0.3, -0.25) is 19.5 Å². The molecule has 1 fully saturated rings. The molecule has 1 saturated heterocycles. The fourth-order valence-electron chi connectivity index (χ4n) is 3.03. The molecule has 0 saturated carbocycles. The van der Waals surface area contributed by atoms with Gasteiger partial charge in [-0.05, 0) is 20.8 Å². The van der Waals surface area contributed by atoms with Crippen molar-refractivity contribution in [3.63, 3.8) is 0 Å². The topological polar surface area (TPSA) is 78.9 Å². The van der Waals surface area contributed by atoms with Gasteiger partial charge in [0, 0.05) is 58.4 Å². The second-order valence-corrected chi connectivity index (χ2v) is 6.61. The molecule has 2 heterocycles. The van der Waals surface area contributed by atoms with Crippen LogP contribution in [0.1, 0.15) is 36.5 Å². The van der Waals surface area contributed by atoms with Crippen LogP contribution >= 0.6 is 0 Å². The number of hydrogen-bond donors (Lipinski definition) is 0. The SMILES string of the molecule is CCN(CC)C(=O)CCN(CCN1CCOCC1)C(=O)c1cnc(C)cn1. The number of nitrogens with zero attached hydrogens (tertiary/aromatic N) is 5. The molecule has 0 bridgehead atoms. The normalized spacial score (nSPS) is 14.8. The smallest absolute Gasteiger partial charge is 0.274 e. The number of hydrogen-bond acceptors (Lipinski definition) is 6. The van der Waals surface area contributed by atoms with Crippen LogP contribution in [-0.2, 0) is 9.53 Å². The first-order valence-electron chi connectivity index (χ1n) is 9.71. The van der Waals surface area contributed by atoms with E-state index in [1.165, 1.54) is 6.20 Å². The second kappa shape index (κ2) is 10.9. The highest BCUT2D eigenvalue weighted by atomic mass is 16.5. The Balaban J connectivity index is 2.01. The van der Waals surface area contributed by atoms with E-state index < -0.39 is 0 Å². The molecule has 1 aromatic rings. The van der Waals surface area contributed by atoms with E-state index in [9.17, 15) is 9.59 Å². The predicted molar refractivity (Wildman–Crippen MR) is 102 cm³/mol. The summed E-state index contributed by atoms with van der Waals surface area (Å²) < 4.78 is 5.37. The Morgan fingerprint density at radius 1 is 1.07 bits per heavy atom. The zero-order valence-corrected chi connectivity index (χ0v) is 16.7. The fourth-order valence-corrected chi connectivity index (χ4v) is 3.03. The quantitative estimate of drug-likeness (QED) is 0.634. The minimum absolute atomic E-state index is 0.0687. The highest BCUT2D eigenvalue weighted by Crippen LogP contribution is 2.06. The van der Waals surface area contributed by atoms with Crippen LogP contribution in [0.3, 0.4) is 0 Å². The summed E-state index contributed by atoms with van der Waals surface area (Å²) in [6.07, 6.45) is 3.41. The van der Waals surface area contributed by atoms with Gasteiger partial charge in [0.05, 0.1) is 25.1 Å². The van der Waals surface area contributed by atoms with Crippen molar-refractivity contribution in [3.8, 4) is 0 Å². The molecule has 0 atom stereocenters. The van der Waals surface area contributed by atoms with Gasteiger partial charge >= 0.3 is 0 Å². The van der Waals surface area contributed by atoms with Crippen LogP contribution in [0.15, 0.2) is 12.4 Å². The molecule has 2 rings (SSSR count). The number of amides is 2. The number of aromatic nitrogens is 2. The Hall–Kier alpha value is -2.06. The molecule has 1 aliphatic heterocycles. The summed E-state index contributed by atoms with van der Waals surface area (Å²) in [4.78, 5) is 39.4. The number of morpholine rings is 1. The van der Waals surface area contributed by atoms with Crippen LogP contribution in [0.5, 0.6) is 0 Å². The predicted octanol–water partition coefficient (Wildman–Crippen LogP) is 0.818. The van der Waals surface area contributed by atoms with Gasteiger partial charge in [-0.2, -0.15) is 0 Å². The first-order chi connectivity index (χ1) is 13.0. The molecule has 0 unspecified atom stereocenters. The molecule has 0 N–H and O–H groups in total. The Kier molecular flexibility index (Phi) is 8.60. The minimum atomic E-state index is -0.178. The van der Waals surface area contributed by atoms with Gasteiger partial charge in [-0.1, -0.05) is 0 Å². The van der Waals surface area contributed by atoms with Crippen molar-refractivity contribution in [3.05, 3.63) is 23.8 Å². The summed E-state index contributed by atoms with van der Waals surface area (Å²) in [6, 6.07) is 0. The third-order valence-electron chi connectivity index (χ3n) is 4.79. The molecule has 0 radical (unpaired) electrons. The van der Waals surface area contributed by atoms with Crippen LogP contribution in [0, 0.1) is 6.92 Å². The molecule has 0 aromatic carbocycles. The summed E-state index contributed by atoms with van der Waals surface area (Å²) >= 11 is 0. The van der Waals surface area contributed by atoms with E-state index in [0.717, 1.165) is 38.5 Å². The Labute approximate surface area is 161 Å². The first-order valence-corrected chi connectivity index (χ1v) is 9.71. The van der Waals surface area contributed by atoms with E-state index in [0.29, 0.717) is 38.3 Å². The number of rotatable bonds is 9. The molecular weight excluding hydrogens is 346 g/mol. The monoisotopic (exact) mass is 377 g/mol. The molecule has 0 spiro atoms. The van der Waals surface area contributed by atoms with E-state index in [2.05, 4.69) is 14.9 Å². The number of aryl methyl sites for hydroxylation is 1. The molecule has 0 aliphatic carbocycles. The van der Waals surface area contributed by atoms with E-state index in [1.54, 1.807) is 16.0 Å². The van der Waals surface area contributed by atoms with Gasteiger partial charge in [0.2, 0.25) is 5.91 Å². The van der Waals surface area contributed by atoms with Crippen molar-refractivity contribution in [1.29, 1.82) is 0 Å². The highest BCUT2D eigenvalue weighted by Gasteiger charge is 2.21. The zero-order chi connectivity index (χ0) is 19.6. The van der Waals surface area contributed by atoms with Gasteiger partial charge in [-0.25, -0.2) is 4.98 Å². The third-order valence-corrected chi connectivity index (χ3v) is 4.79. The van der Waals surface area contributed by atoms with Crippen LogP contribution in [-0.4, -0.2) is 95.5 Å². The van der Waals surface area contributed by atoms with E-state index >= 15 is 0 Å². The standard InChI is InChI=1S/C19H31N5O3/c1-4-23(5-2)18(25)6-7-24(9-8-22-10-12-27-13-11-22)19(26)17-15-20-16(3)14-21-17/h14-15H,4-13H2,1-3H3. The van der Waals surface area contributed by atoms with Crippen LogP contribution in [0.25, 0.3) is 0 Å². The molecule has 8 nitrogen and oxygen atoms in total. The summed E-state index contributed by atoms with van der Waals surface area (Å²) in [5.41, 5.74) is 1.08. The summed E-state index contributed by atoms with van der Waals surface area (Å²) in [5, 5.41) is 0. The molecule has 8 heteroatoms. The second-order valence-electron chi connectivity index (χ2n) is 6.61. The Morgan fingerprint density at radius 3 is 2.37 bits per heavy atom. The van der Waals surface area contributed by atoms with Crippen molar-refractivity contribution in [1.82, 2.24) is 24.7 Å². The Morgan fingerprint density at radius 2 is 1.78 bits per heavy atom. The lowest BCUT2D eigenvalue weighted by molar-refractivity contribution is -0.131. The molecule has 150 valence electrons. The van der Waals surface area contributed by atoms with E-state index in [-0.39, 0.29) is 11.8 Å². The fraction of sp³-hybridized carbons (Fsp3) is 0.684. The van der Waals surface area contributed by atoms with Crippen molar-refractivity contribution in [2.24, 2.45) is 0 Å². The first kappa shape index (κ1) is 21.2. The lowest BCUT2D eigenvalue weighted by Crippen LogP contribution is -2.44. The van der Waals surface area contributed by atoms with Crippen molar-refractivity contribution in [2.45, 2.75) is 27.2 Å².